The highest BCUT2D eigenvalue weighted by atomic mass is 15.1. The quantitative estimate of drug-likeness (QED) is 0.667. The van der Waals surface area contributed by atoms with Gasteiger partial charge in [-0.1, -0.05) is 33.1 Å². The minimum atomic E-state index is 0.691. The molecule has 0 spiro atoms. The smallest absolute Gasteiger partial charge is 0.0102 e. The van der Waals surface area contributed by atoms with Crippen molar-refractivity contribution < 1.29 is 0 Å². The second kappa shape index (κ2) is 8.92. The van der Waals surface area contributed by atoms with Crippen LogP contribution in [0.5, 0.6) is 0 Å². The predicted molar refractivity (Wildman–Crippen MR) is 81.0 cm³/mol. The van der Waals surface area contributed by atoms with E-state index in [1.165, 1.54) is 45.1 Å². The lowest BCUT2D eigenvalue weighted by atomic mass is 9.88. The molecule has 0 radical (unpaired) electrons. The summed E-state index contributed by atoms with van der Waals surface area (Å²) in [5.41, 5.74) is 0. The van der Waals surface area contributed by atoms with Crippen molar-refractivity contribution in [1.29, 1.82) is 0 Å². The van der Waals surface area contributed by atoms with Crippen molar-refractivity contribution in [2.45, 2.75) is 65.3 Å². The molecule has 1 N–H and O–H groups in total. The van der Waals surface area contributed by atoms with Crippen LogP contribution in [0, 0.1) is 11.8 Å². The maximum atomic E-state index is 3.55. The van der Waals surface area contributed by atoms with E-state index in [2.05, 4.69) is 38.0 Å². The van der Waals surface area contributed by atoms with Gasteiger partial charge in [0.05, 0.1) is 0 Å². The van der Waals surface area contributed by atoms with Crippen LogP contribution in [-0.4, -0.2) is 37.6 Å². The van der Waals surface area contributed by atoms with Gasteiger partial charge in [-0.05, 0) is 58.2 Å². The summed E-state index contributed by atoms with van der Waals surface area (Å²) < 4.78 is 0. The van der Waals surface area contributed by atoms with E-state index in [9.17, 15) is 0 Å². The lowest BCUT2D eigenvalue weighted by Crippen LogP contribution is -2.41. The molecule has 108 valence electrons. The molecular formula is C16H34N2. The van der Waals surface area contributed by atoms with Gasteiger partial charge in [0.1, 0.15) is 0 Å². The minimum Gasteiger partial charge on any atom is -0.316 e. The van der Waals surface area contributed by atoms with E-state index in [-0.39, 0.29) is 0 Å². The molecule has 1 rings (SSSR count). The normalized spacial score (nSPS) is 21.2. The van der Waals surface area contributed by atoms with Crippen LogP contribution in [0.25, 0.3) is 0 Å². The summed E-state index contributed by atoms with van der Waals surface area (Å²) in [6.07, 6.45) is 8.53. The average Bonchev–Trinajstić information content (AvgIpc) is 2.39. The lowest BCUT2D eigenvalue weighted by Gasteiger charge is -2.34. The molecule has 2 nitrogen and oxygen atoms in total. The highest BCUT2D eigenvalue weighted by molar-refractivity contribution is 4.76. The molecule has 0 saturated heterocycles. The maximum absolute atomic E-state index is 3.55. The molecule has 0 aromatic heterocycles. The van der Waals surface area contributed by atoms with Crippen molar-refractivity contribution in [3.05, 3.63) is 0 Å². The molecule has 0 aromatic rings. The molecule has 2 heteroatoms. The van der Waals surface area contributed by atoms with Crippen LogP contribution in [0.3, 0.4) is 0 Å². The van der Waals surface area contributed by atoms with Crippen molar-refractivity contribution >= 4 is 0 Å². The monoisotopic (exact) mass is 254 g/mol. The third kappa shape index (κ3) is 5.71. The van der Waals surface area contributed by atoms with Gasteiger partial charge in [-0.3, -0.25) is 0 Å². The fourth-order valence-electron chi connectivity index (χ4n) is 3.05. The van der Waals surface area contributed by atoms with Gasteiger partial charge in [0.2, 0.25) is 0 Å². The van der Waals surface area contributed by atoms with Gasteiger partial charge < -0.3 is 10.2 Å². The summed E-state index contributed by atoms with van der Waals surface area (Å²) in [6, 6.07) is 0.691. The number of nitrogens with zero attached hydrogens (tertiary/aromatic N) is 1. The Hall–Kier alpha value is -0.0800. The molecule has 0 aliphatic heterocycles. The molecule has 0 amide bonds. The summed E-state index contributed by atoms with van der Waals surface area (Å²) in [7, 11) is 2.32. The maximum Gasteiger partial charge on any atom is 0.0102 e. The molecule has 18 heavy (non-hydrogen) atoms. The zero-order chi connectivity index (χ0) is 13.4. The van der Waals surface area contributed by atoms with E-state index in [0.717, 1.165) is 24.9 Å². The molecular weight excluding hydrogens is 220 g/mol. The molecule has 1 aliphatic carbocycles. The molecule has 2 unspecified atom stereocenters. The summed E-state index contributed by atoms with van der Waals surface area (Å²) >= 11 is 0. The molecule has 1 aliphatic rings. The highest BCUT2D eigenvalue weighted by Gasteiger charge is 2.21. The summed E-state index contributed by atoms with van der Waals surface area (Å²) in [5, 5.41) is 3.55. The topological polar surface area (TPSA) is 15.3 Å². The van der Waals surface area contributed by atoms with E-state index in [0.29, 0.717) is 6.04 Å². The standard InChI is InChI=1S/C16H34N2/c1-5-11-17-12-14(2)15(3)18(4)13-16-9-7-6-8-10-16/h14-17H,5-13H2,1-4H3. The third-order valence-electron chi connectivity index (χ3n) is 4.68. The largest absolute Gasteiger partial charge is 0.316 e. The van der Waals surface area contributed by atoms with E-state index >= 15 is 0 Å². The lowest BCUT2D eigenvalue weighted by molar-refractivity contribution is 0.153. The number of rotatable bonds is 8. The third-order valence-corrected chi connectivity index (χ3v) is 4.68. The Bertz CT molecular complexity index is 199. The van der Waals surface area contributed by atoms with Crippen LogP contribution in [0.2, 0.25) is 0 Å². The van der Waals surface area contributed by atoms with Gasteiger partial charge >= 0.3 is 0 Å². The second-order valence-electron chi connectivity index (χ2n) is 6.37. The highest BCUT2D eigenvalue weighted by Crippen LogP contribution is 2.25. The Morgan fingerprint density at radius 2 is 1.83 bits per heavy atom. The number of hydrogen-bond acceptors (Lipinski definition) is 2. The van der Waals surface area contributed by atoms with Crippen LogP contribution in [0.1, 0.15) is 59.3 Å². The fourth-order valence-corrected chi connectivity index (χ4v) is 3.05. The van der Waals surface area contributed by atoms with Gasteiger partial charge in [-0.25, -0.2) is 0 Å². The molecule has 0 heterocycles. The van der Waals surface area contributed by atoms with Crippen molar-refractivity contribution in [3.63, 3.8) is 0 Å². The van der Waals surface area contributed by atoms with Crippen LogP contribution in [0.15, 0.2) is 0 Å². The summed E-state index contributed by atoms with van der Waals surface area (Å²) in [6.45, 7) is 10.6. The van der Waals surface area contributed by atoms with Crippen LogP contribution in [-0.2, 0) is 0 Å². The van der Waals surface area contributed by atoms with Crippen molar-refractivity contribution in [3.8, 4) is 0 Å². The first kappa shape index (κ1) is 16.0. The predicted octanol–water partition coefficient (Wildman–Crippen LogP) is 3.52. The average molecular weight is 254 g/mol. The number of nitrogens with one attached hydrogen (secondary N) is 1. The Kier molecular flexibility index (Phi) is 7.92. The molecule has 1 saturated carbocycles. The summed E-state index contributed by atoms with van der Waals surface area (Å²) in [4.78, 5) is 2.59. The van der Waals surface area contributed by atoms with Crippen LogP contribution in [0.4, 0.5) is 0 Å². The van der Waals surface area contributed by atoms with E-state index < -0.39 is 0 Å². The van der Waals surface area contributed by atoms with Gasteiger partial charge in [0.25, 0.3) is 0 Å². The SMILES string of the molecule is CCCNCC(C)C(C)N(C)CC1CCCCC1. The summed E-state index contributed by atoms with van der Waals surface area (Å²) in [5.74, 6) is 1.70. The Balaban J connectivity index is 2.23. The van der Waals surface area contributed by atoms with Crippen molar-refractivity contribution in [1.82, 2.24) is 10.2 Å². The van der Waals surface area contributed by atoms with Crippen molar-refractivity contribution in [2.75, 3.05) is 26.7 Å². The Morgan fingerprint density at radius 1 is 1.17 bits per heavy atom. The van der Waals surface area contributed by atoms with Crippen molar-refractivity contribution in [2.24, 2.45) is 11.8 Å². The van der Waals surface area contributed by atoms with Crippen LogP contribution >= 0.6 is 0 Å². The van der Waals surface area contributed by atoms with E-state index in [1.807, 2.05) is 0 Å². The molecule has 2 atom stereocenters. The fraction of sp³-hybridized carbons (Fsp3) is 1.00. The Labute approximate surface area is 115 Å². The molecule has 1 fully saturated rings. The van der Waals surface area contributed by atoms with Gasteiger partial charge in [0, 0.05) is 12.6 Å². The minimum absolute atomic E-state index is 0.691. The first-order valence-corrected chi connectivity index (χ1v) is 8.06. The molecule has 0 bridgehead atoms. The second-order valence-corrected chi connectivity index (χ2v) is 6.37. The van der Waals surface area contributed by atoms with Gasteiger partial charge in [0.15, 0.2) is 0 Å². The van der Waals surface area contributed by atoms with Gasteiger partial charge in [-0.15, -0.1) is 0 Å². The van der Waals surface area contributed by atoms with Gasteiger partial charge in [-0.2, -0.15) is 0 Å². The zero-order valence-electron chi connectivity index (χ0n) is 13.0. The Morgan fingerprint density at radius 3 is 2.44 bits per heavy atom. The van der Waals surface area contributed by atoms with E-state index in [4.69, 9.17) is 0 Å². The number of hydrogen-bond donors (Lipinski definition) is 1. The first-order valence-electron chi connectivity index (χ1n) is 8.06. The zero-order valence-corrected chi connectivity index (χ0v) is 13.0. The first-order chi connectivity index (χ1) is 8.65. The van der Waals surface area contributed by atoms with Crippen LogP contribution < -0.4 is 5.32 Å². The van der Waals surface area contributed by atoms with E-state index in [1.54, 1.807) is 0 Å². The molecule has 0 aromatic carbocycles.